The van der Waals surface area contributed by atoms with Crippen molar-refractivity contribution in [3.8, 4) is 100 Å². The molecule has 1 N–H and O–H groups in total. The van der Waals surface area contributed by atoms with Gasteiger partial charge in [-0.3, -0.25) is 14.8 Å². The molecule has 0 spiro atoms. The Morgan fingerprint density at radius 3 is 1.25 bits per heavy atom. The third-order valence-electron chi connectivity index (χ3n) is 14.1. The van der Waals surface area contributed by atoms with Crippen molar-refractivity contribution in [1.82, 2.24) is 9.97 Å². The predicted molar refractivity (Wildman–Crippen MR) is 313 cm³/mol. The number of nitrogens with zero attached hydrogens (tertiary/aromatic N) is 2. The van der Waals surface area contributed by atoms with Gasteiger partial charge in [-0.25, -0.2) is 0 Å². The van der Waals surface area contributed by atoms with E-state index in [0.717, 1.165) is 128 Å². The number of ketones is 1. The van der Waals surface area contributed by atoms with Crippen LogP contribution in [0, 0.1) is 12.1 Å². The molecule has 0 aliphatic rings. The molecule has 12 aromatic rings. The Morgan fingerprint density at radius 2 is 0.805 bits per heavy atom. The van der Waals surface area contributed by atoms with Crippen molar-refractivity contribution < 1.29 is 30.0 Å². The summed E-state index contributed by atoms with van der Waals surface area (Å²) in [5.74, 6) is -0.101. The first-order chi connectivity index (χ1) is 37.4. The average molecular weight is 1170 g/mol. The fraction of sp³-hybridized carbons (Fsp3) is 0.0417. The number of aryl methyl sites for hydroxylation is 1. The summed E-state index contributed by atoms with van der Waals surface area (Å²) >= 11 is 0. The van der Waals surface area contributed by atoms with E-state index in [1.54, 1.807) is 0 Å². The summed E-state index contributed by atoms with van der Waals surface area (Å²) < 4.78 is 0. The quantitative estimate of drug-likeness (QED) is 0.0710. The monoisotopic (exact) mass is 1170 g/mol. The summed E-state index contributed by atoms with van der Waals surface area (Å²) in [6.45, 7) is 1.53. The van der Waals surface area contributed by atoms with E-state index < -0.39 is 0 Å². The number of allylic oxidation sites excluding steroid dienone is 2. The van der Waals surface area contributed by atoms with E-state index in [0.29, 0.717) is 6.42 Å². The number of carbonyl (C=O) groups is 1. The van der Waals surface area contributed by atoms with Gasteiger partial charge in [0, 0.05) is 43.4 Å². The van der Waals surface area contributed by atoms with Crippen LogP contribution >= 0.6 is 0 Å². The molecule has 1 radical (unpaired) electrons. The van der Waals surface area contributed by atoms with Crippen LogP contribution < -0.4 is 0 Å². The minimum atomic E-state index is -0.112. The number of rotatable bonds is 13. The van der Waals surface area contributed by atoms with Gasteiger partial charge in [0.15, 0.2) is 5.78 Å². The molecule has 371 valence electrons. The number of carbonyl (C=O) groups excluding carboxylic acids is 1. The second kappa shape index (κ2) is 22.4. The zero-order valence-corrected chi connectivity index (χ0v) is 44.6. The third kappa shape index (κ3) is 10.6. The fourth-order valence-corrected chi connectivity index (χ4v) is 10.5. The van der Waals surface area contributed by atoms with Crippen LogP contribution in [0.5, 0.6) is 0 Å². The van der Waals surface area contributed by atoms with Crippen LogP contribution in [0.3, 0.4) is 0 Å². The molecule has 0 saturated heterocycles. The topological polar surface area (TPSA) is 63.1 Å². The molecule has 0 atom stereocenters. The van der Waals surface area contributed by atoms with Crippen LogP contribution in [0.25, 0.3) is 122 Å². The Morgan fingerprint density at radius 1 is 0.416 bits per heavy atom. The standard InChI is InChI=1S/C72H50N2O2.Ir/c1-48(75)42-59(76)41-40-51-22-8-9-23-60(51)56-43-57(63-26-12-10-24-61(63)52-32-36-54(37-33-52)71-46-67(49-18-4-2-5-19-49)65-28-14-16-30-69(65)73-71)45-58(44-56)64-27-13-11-25-62(64)53-34-38-55(39-35-53)72-47-68(50-20-6-3-7-21-50)66-29-15-17-31-70(66)74-72;/h2-36,38,42-47,75H,40-41H2,1H3;/q-2;/b48-42-;. The molecule has 0 fully saturated rings. The van der Waals surface area contributed by atoms with E-state index in [1.807, 2.05) is 30.3 Å². The Kier molecular flexibility index (Phi) is 14.6. The van der Waals surface area contributed by atoms with Gasteiger partial charge >= 0.3 is 0 Å². The number of aliphatic hydroxyl groups excluding tert-OH is 1. The molecule has 2 aromatic heterocycles. The number of aliphatic hydroxyl groups is 1. The Balaban J connectivity index is 0.00000631. The van der Waals surface area contributed by atoms with Gasteiger partial charge in [0.1, 0.15) is 0 Å². The molecule has 5 heteroatoms. The molecule has 2 heterocycles. The summed E-state index contributed by atoms with van der Waals surface area (Å²) in [4.78, 5) is 23.1. The molecule has 4 nitrogen and oxygen atoms in total. The van der Waals surface area contributed by atoms with Gasteiger partial charge in [0.05, 0.1) is 16.8 Å². The number of benzene rings is 10. The van der Waals surface area contributed by atoms with Crippen LogP contribution in [0.15, 0.2) is 261 Å². The van der Waals surface area contributed by atoms with Crippen molar-refractivity contribution in [3.05, 3.63) is 278 Å². The normalized spacial score (nSPS) is 11.4. The van der Waals surface area contributed by atoms with Crippen molar-refractivity contribution in [2.24, 2.45) is 0 Å². The Hall–Kier alpha value is -9.12. The van der Waals surface area contributed by atoms with E-state index >= 15 is 0 Å². The Labute approximate surface area is 463 Å². The van der Waals surface area contributed by atoms with Gasteiger partial charge in [-0.1, -0.05) is 204 Å². The zero-order valence-electron chi connectivity index (χ0n) is 42.2. The van der Waals surface area contributed by atoms with E-state index in [4.69, 9.17) is 9.97 Å². The number of fused-ring (bicyclic) bond motifs is 2. The molecule has 0 bridgehead atoms. The first-order valence-corrected chi connectivity index (χ1v) is 25.7. The maximum Gasteiger partial charge on any atom is 0.159 e. The summed E-state index contributed by atoms with van der Waals surface area (Å²) in [7, 11) is 0. The molecule has 0 amide bonds. The predicted octanol–water partition coefficient (Wildman–Crippen LogP) is 18.3. The zero-order chi connectivity index (χ0) is 51.4. The summed E-state index contributed by atoms with van der Waals surface area (Å²) in [6.07, 6.45) is 2.11. The van der Waals surface area contributed by atoms with Crippen molar-refractivity contribution in [1.29, 1.82) is 0 Å². The Bertz CT molecular complexity index is 3900. The van der Waals surface area contributed by atoms with Crippen molar-refractivity contribution in [3.63, 3.8) is 0 Å². The van der Waals surface area contributed by atoms with E-state index in [-0.39, 0.29) is 38.1 Å². The number of para-hydroxylation sites is 2. The molecule has 0 saturated carbocycles. The molecule has 12 rings (SSSR count). The van der Waals surface area contributed by atoms with Crippen molar-refractivity contribution in [2.75, 3.05) is 0 Å². The van der Waals surface area contributed by atoms with Crippen LogP contribution in [-0.2, 0) is 31.3 Å². The SMILES string of the molecule is C/C(O)=C/C(=O)CCc1ccccc1-c1cc(-c2ccccc2-c2c[c-]c(-c3cc(-c4ccccc4)c4ccccc4n3)cc2)cc(-c2ccccc2-c2c[c-]c(-c3cc(-c4ccccc4)c4ccccc4n3)cc2)c1.[Ir]. The second-order valence-electron chi connectivity index (χ2n) is 19.2. The third-order valence-corrected chi connectivity index (χ3v) is 14.1. The van der Waals surface area contributed by atoms with E-state index in [2.05, 4.69) is 231 Å². The average Bonchev–Trinajstić information content (AvgIpc) is 3.51. The molecule has 0 unspecified atom stereocenters. The van der Waals surface area contributed by atoms with Gasteiger partial charge in [-0.05, 0) is 116 Å². The smallest absolute Gasteiger partial charge is 0.159 e. The number of hydrogen-bond donors (Lipinski definition) is 1. The van der Waals surface area contributed by atoms with Gasteiger partial charge < -0.3 is 5.11 Å². The van der Waals surface area contributed by atoms with Crippen molar-refractivity contribution >= 4 is 27.6 Å². The number of hydrogen-bond acceptors (Lipinski definition) is 4. The molecular weight excluding hydrogens is 1120 g/mol. The van der Waals surface area contributed by atoms with Crippen LogP contribution in [0.2, 0.25) is 0 Å². The largest absolute Gasteiger partial charge is 0.512 e. The first kappa shape index (κ1) is 50.1. The summed E-state index contributed by atoms with van der Waals surface area (Å²) in [5.41, 5.74) is 21.6. The molecular formula is C72H50IrN2O2-2. The maximum atomic E-state index is 12.9. The minimum absolute atomic E-state index is 0. The first-order valence-electron chi connectivity index (χ1n) is 25.7. The summed E-state index contributed by atoms with van der Waals surface area (Å²) in [5, 5.41) is 12.1. The maximum absolute atomic E-state index is 12.9. The van der Waals surface area contributed by atoms with Gasteiger partial charge in [-0.15, -0.1) is 59.7 Å². The van der Waals surface area contributed by atoms with Gasteiger partial charge in [-0.2, -0.15) is 0 Å². The fourth-order valence-electron chi connectivity index (χ4n) is 10.5. The van der Waals surface area contributed by atoms with Crippen LogP contribution in [0.1, 0.15) is 18.9 Å². The van der Waals surface area contributed by atoms with Crippen LogP contribution in [0.4, 0.5) is 0 Å². The van der Waals surface area contributed by atoms with Crippen LogP contribution in [-0.4, -0.2) is 20.9 Å². The van der Waals surface area contributed by atoms with E-state index in [9.17, 15) is 9.90 Å². The minimum Gasteiger partial charge on any atom is -0.512 e. The van der Waals surface area contributed by atoms with Gasteiger partial charge in [0.25, 0.3) is 0 Å². The number of aromatic nitrogens is 2. The molecule has 77 heavy (non-hydrogen) atoms. The second-order valence-corrected chi connectivity index (χ2v) is 19.2. The molecule has 0 aliphatic carbocycles. The molecule has 10 aromatic carbocycles. The van der Waals surface area contributed by atoms with E-state index in [1.165, 1.54) is 13.0 Å². The van der Waals surface area contributed by atoms with Gasteiger partial charge in [0.2, 0.25) is 0 Å². The van der Waals surface area contributed by atoms with Crippen molar-refractivity contribution in [2.45, 2.75) is 19.8 Å². The molecule has 0 aliphatic heterocycles. The number of pyridine rings is 2. The summed E-state index contributed by atoms with van der Waals surface area (Å²) in [6, 6.07) is 94.3.